The van der Waals surface area contributed by atoms with Crippen LogP contribution in [-0.2, 0) is 7.05 Å². The molecule has 4 aromatic rings. The van der Waals surface area contributed by atoms with Crippen molar-refractivity contribution >= 4 is 16.7 Å². The van der Waals surface area contributed by atoms with Gasteiger partial charge in [0.1, 0.15) is 5.82 Å². The predicted molar refractivity (Wildman–Crippen MR) is 133 cm³/mol. The molecule has 0 unspecified atom stereocenters. The molecule has 0 amide bonds. The van der Waals surface area contributed by atoms with Gasteiger partial charge < -0.3 is 19.8 Å². The quantitative estimate of drug-likeness (QED) is 0.508. The monoisotopic (exact) mass is 429 g/mol. The van der Waals surface area contributed by atoms with E-state index in [1.165, 1.54) is 10.9 Å². The molecule has 0 bridgehead atoms. The van der Waals surface area contributed by atoms with Gasteiger partial charge in [0.2, 0.25) is 5.56 Å². The first-order chi connectivity index (χ1) is 15.6. The minimum atomic E-state index is -0.00781. The Morgan fingerprint density at radius 1 is 0.938 bits per heavy atom. The van der Waals surface area contributed by atoms with Gasteiger partial charge in [-0.1, -0.05) is 26.0 Å². The Morgan fingerprint density at radius 3 is 2.34 bits per heavy atom. The molecule has 0 saturated carbocycles. The lowest BCUT2D eigenvalue weighted by atomic mass is 10.0. The highest BCUT2D eigenvalue weighted by molar-refractivity contribution is 5.93. The number of H-pyrrole nitrogens is 1. The Bertz CT molecular complexity index is 1260. The van der Waals surface area contributed by atoms with E-state index >= 15 is 0 Å². The van der Waals surface area contributed by atoms with E-state index in [-0.39, 0.29) is 5.56 Å². The molecule has 5 rings (SSSR count). The zero-order valence-corrected chi connectivity index (χ0v) is 19.3. The van der Waals surface area contributed by atoms with Crippen LogP contribution in [-0.4, -0.2) is 40.7 Å². The minimum Gasteiger partial charge on any atom is -0.354 e. The molecule has 0 radical (unpaired) electrons. The zero-order chi connectivity index (χ0) is 22.7. The average Bonchev–Trinajstić information content (AvgIpc) is 3.18. The van der Waals surface area contributed by atoms with E-state index in [1.807, 2.05) is 32.3 Å². The second-order valence-corrected chi connectivity index (χ2v) is 7.89. The van der Waals surface area contributed by atoms with Gasteiger partial charge in [0.25, 0.3) is 0 Å². The van der Waals surface area contributed by atoms with E-state index in [9.17, 15) is 4.79 Å². The molecule has 3 aromatic heterocycles. The standard InChI is InChI=1S/C24H25N5O.C2H6/c1-16-20-6-3-17(18-4-7-22(26-14-18)29-11-9-25-10-12-29)13-21(20)27-24(16)19-5-8-23(30)28(2)15-19;1-2/h3-8,13-15,25,27H,9-12H2,1-2H3;1-2H3. The highest BCUT2D eigenvalue weighted by atomic mass is 16.1. The van der Waals surface area contributed by atoms with Crippen LogP contribution in [0.25, 0.3) is 33.3 Å². The molecule has 0 atom stereocenters. The van der Waals surface area contributed by atoms with E-state index < -0.39 is 0 Å². The molecule has 32 heavy (non-hydrogen) atoms. The molecular formula is C26H31N5O. The van der Waals surface area contributed by atoms with E-state index in [2.05, 4.69) is 52.5 Å². The van der Waals surface area contributed by atoms with Crippen molar-refractivity contribution in [2.75, 3.05) is 31.1 Å². The van der Waals surface area contributed by atoms with Crippen molar-refractivity contribution in [2.45, 2.75) is 20.8 Å². The summed E-state index contributed by atoms with van der Waals surface area (Å²) in [5.74, 6) is 1.04. The third-order valence-corrected chi connectivity index (χ3v) is 5.95. The Hall–Kier alpha value is -3.38. The van der Waals surface area contributed by atoms with Crippen LogP contribution in [0.1, 0.15) is 19.4 Å². The van der Waals surface area contributed by atoms with Crippen molar-refractivity contribution in [3.63, 3.8) is 0 Å². The molecule has 1 aromatic carbocycles. The maximum atomic E-state index is 11.7. The number of aryl methyl sites for hydroxylation is 2. The number of rotatable bonds is 3. The summed E-state index contributed by atoms with van der Waals surface area (Å²) in [4.78, 5) is 22.3. The van der Waals surface area contributed by atoms with E-state index in [4.69, 9.17) is 4.98 Å². The number of hydrogen-bond donors (Lipinski definition) is 2. The second kappa shape index (κ2) is 9.40. The van der Waals surface area contributed by atoms with Crippen molar-refractivity contribution in [1.82, 2.24) is 19.9 Å². The van der Waals surface area contributed by atoms with Gasteiger partial charge in [-0.3, -0.25) is 4.79 Å². The summed E-state index contributed by atoms with van der Waals surface area (Å²) in [5, 5.41) is 4.56. The number of piperazine rings is 1. The van der Waals surface area contributed by atoms with Crippen LogP contribution in [0.2, 0.25) is 0 Å². The van der Waals surface area contributed by atoms with Gasteiger partial charge in [-0.25, -0.2) is 4.98 Å². The summed E-state index contributed by atoms with van der Waals surface area (Å²) >= 11 is 0. The maximum Gasteiger partial charge on any atom is 0.250 e. The van der Waals surface area contributed by atoms with E-state index in [0.717, 1.165) is 59.9 Å². The van der Waals surface area contributed by atoms with Crippen LogP contribution >= 0.6 is 0 Å². The smallest absolute Gasteiger partial charge is 0.250 e. The normalized spacial score (nSPS) is 13.7. The van der Waals surface area contributed by atoms with Crippen LogP contribution in [0.15, 0.2) is 59.7 Å². The average molecular weight is 430 g/mol. The van der Waals surface area contributed by atoms with Gasteiger partial charge in [0.15, 0.2) is 0 Å². The summed E-state index contributed by atoms with van der Waals surface area (Å²) in [6.45, 7) is 10.1. The van der Waals surface area contributed by atoms with Gasteiger partial charge in [-0.05, 0) is 42.3 Å². The molecule has 4 heterocycles. The van der Waals surface area contributed by atoms with Gasteiger partial charge >= 0.3 is 0 Å². The molecule has 6 nitrogen and oxygen atoms in total. The van der Waals surface area contributed by atoms with Crippen LogP contribution in [0.5, 0.6) is 0 Å². The van der Waals surface area contributed by atoms with Crippen LogP contribution in [0.4, 0.5) is 5.82 Å². The predicted octanol–water partition coefficient (Wildman–Crippen LogP) is 4.34. The molecule has 0 spiro atoms. The number of benzene rings is 1. The Labute approximate surface area is 188 Å². The van der Waals surface area contributed by atoms with Crippen molar-refractivity contribution < 1.29 is 0 Å². The minimum absolute atomic E-state index is 0.00781. The van der Waals surface area contributed by atoms with Crippen molar-refractivity contribution in [2.24, 2.45) is 7.05 Å². The number of aromatic amines is 1. The lowest BCUT2D eigenvalue weighted by molar-refractivity contribution is 0.585. The number of nitrogens with zero attached hydrogens (tertiary/aromatic N) is 3. The third kappa shape index (κ3) is 4.18. The Balaban J connectivity index is 0.00000119. The number of fused-ring (bicyclic) bond motifs is 1. The van der Waals surface area contributed by atoms with Crippen LogP contribution in [0, 0.1) is 6.92 Å². The first-order valence-electron chi connectivity index (χ1n) is 11.3. The number of pyridine rings is 2. The summed E-state index contributed by atoms with van der Waals surface area (Å²) in [6.07, 6.45) is 3.84. The number of hydrogen-bond acceptors (Lipinski definition) is 4. The molecule has 0 aliphatic carbocycles. The maximum absolute atomic E-state index is 11.7. The second-order valence-electron chi connectivity index (χ2n) is 7.89. The molecule has 1 saturated heterocycles. The van der Waals surface area contributed by atoms with Crippen LogP contribution in [0.3, 0.4) is 0 Å². The van der Waals surface area contributed by atoms with Crippen molar-refractivity contribution in [3.05, 3.63) is 70.8 Å². The van der Waals surface area contributed by atoms with Crippen LogP contribution < -0.4 is 15.8 Å². The lowest BCUT2D eigenvalue weighted by Gasteiger charge is -2.28. The fourth-order valence-electron chi connectivity index (χ4n) is 4.19. The van der Waals surface area contributed by atoms with Gasteiger partial charge in [-0.15, -0.1) is 0 Å². The molecule has 1 fully saturated rings. The summed E-state index contributed by atoms with van der Waals surface area (Å²) < 4.78 is 1.61. The van der Waals surface area contributed by atoms with Gasteiger partial charge in [-0.2, -0.15) is 0 Å². The van der Waals surface area contributed by atoms with E-state index in [0.29, 0.717) is 0 Å². The zero-order valence-electron chi connectivity index (χ0n) is 19.3. The molecule has 2 N–H and O–H groups in total. The molecule has 1 aliphatic rings. The highest BCUT2D eigenvalue weighted by Gasteiger charge is 2.13. The summed E-state index contributed by atoms with van der Waals surface area (Å²) in [5.41, 5.74) is 6.55. The van der Waals surface area contributed by atoms with Crippen molar-refractivity contribution in [1.29, 1.82) is 0 Å². The summed E-state index contributed by atoms with van der Waals surface area (Å²) in [7, 11) is 1.78. The van der Waals surface area contributed by atoms with E-state index in [1.54, 1.807) is 17.7 Å². The Kier molecular flexibility index (Phi) is 6.42. The molecule has 1 aliphatic heterocycles. The number of aromatic nitrogens is 3. The molecular weight excluding hydrogens is 398 g/mol. The van der Waals surface area contributed by atoms with Gasteiger partial charge in [0.05, 0.1) is 5.69 Å². The highest BCUT2D eigenvalue weighted by Crippen LogP contribution is 2.32. The SMILES string of the molecule is CC.Cc1c(-c2ccc(=O)n(C)c2)[nH]c2cc(-c3ccc(N4CCNCC4)nc3)ccc12. The third-order valence-electron chi connectivity index (χ3n) is 5.95. The number of nitrogens with one attached hydrogen (secondary N) is 2. The number of anilines is 1. The fraction of sp³-hybridized carbons (Fsp3) is 0.308. The Morgan fingerprint density at radius 2 is 1.66 bits per heavy atom. The first-order valence-corrected chi connectivity index (χ1v) is 11.3. The molecule has 166 valence electrons. The molecule has 6 heteroatoms. The van der Waals surface area contributed by atoms with Crippen molar-refractivity contribution in [3.8, 4) is 22.4 Å². The lowest BCUT2D eigenvalue weighted by Crippen LogP contribution is -2.43. The largest absolute Gasteiger partial charge is 0.354 e. The summed E-state index contributed by atoms with van der Waals surface area (Å²) in [6, 6.07) is 14.2. The van der Waals surface area contributed by atoms with Gasteiger partial charge in [0, 0.05) is 73.7 Å². The first kappa shape index (κ1) is 21.8. The topological polar surface area (TPSA) is 66.0 Å². The fourth-order valence-corrected chi connectivity index (χ4v) is 4.19.